The van der Waals surface area contributed by atoms with Crippen molar-refractivity contribution in [2.45, 2.75) is 56.9 Å². The van der Waals surface area contributed by atoms with E-state index in [-0.39, 0.29) is 27.2 Å². The molecule has 13 heteroatoms. The monoisotopic (exact) mass is 643 g/mol. The minimum absolute atomic E-state index is 0.204. The van der Waals surface area contributed by atoms with Crippen molar-refractivity contribution in [3.05, 3.63) is 94.0 Å². The van der Waals surface area contributed by atoms with E-state index in [0.29, 0.717) is 15.9 Å². The summed E-state index contributed by atoms with van der Waals surface area (Å²) in [5, 5.41) is 3.19. The average molecular weight is 645 g/mol. The van der Waals surface area contributed by atoms with E-state index < -0.39 is 51.7 Å². The number of alkyl halides is 3. The molecule has 0 radical (unpaired) electrons. The molecule has 0 aromatic heterocycles. The Kier molecular flexibility index (Phi) is 10.2. The van der Waals surface area contributed by atoms with Crippen molar-refractivity contribution in [2.24, 2.45) is 0 Å². The van der Waals surface area contributed by atoms with Crippen LogP contribution in [0.2, 0.25) is 10.0 Å². The van der Waals surface area contributed by atoms with Gasteiger partial charge in [-0.1, -0.05) is 53.5 Å². The smallest absolute Gasteiger partial charge is 0.350 e. The van der Waals surface area contributed by atoms with Crippen molar-refractivity contribution in [2.75, 3.05) is 10.8 Å². The van der Waals surface area contributed by atoms with Crippen LogP contribution in [0.1, 0.15) is 38.8 Å². The number of carbonyl (C=O) groups excluding carboxylic acids is 2. The maximum atomic E-state index is 14.0. The lowest BCUT2D eigenvalue weighted by atomic mass is 10.1. The number of rotatable bonds is 9. The molecule has 3 rings (SSSR count). The minimum Gasteiger partial charge on any atom is -0.350 e. The van der Waals surface area contributed by atoms with E-state index in [0.717, 1.165) is 23.1 Å². The molecule has 0 saturated heterocycles. The Balaban J connectivity index is 2.13. The van der Waals surface area contributed by atoms with Crippen molar-refractivity contribution in [1.82, 2.24) is 10.2 Å². The summed E-state index contributed by atoms with van der Waals surface area (Å²) in [5.74, 6) is -1.42. The molecule has 3 aromatic rings. The zero-order valence-electron chi connectivity index (χ0n) is 23.2. The maximum Gasteiger partial charge on any atom is 0.416 e. The van der Waals surface area contributed by atoms with Gasteiger partial charge in [-0.25, -0.2) is 8.42 Å². The fourth-order valence-electron chi connectivity index (χ4n) is 4.00. The molecule has 42 heavy (non-hydrogen) atoms. The van der Waals surface area contributed by atoms with Crippen LogP contribution in [0.25, 0.3) is 0 Å². The fourth-order valence-corrected chi connectivity index (χ4v) is 5.94. The van der Waals surface area contributed by atoms with E-state index in [4.69, 9.17) is 23.2 Å². The van der Waals surface area contributed by atoms with Gasteiger partial charge >= 0.3 is 6.18 Å². The van der Waals surface area contributed by atoms with Gasteiger partial charge < -0.3 is 10.2 Å². The average Bonchev–Trinajstić information content (AvgIpc) is 2.90. The Hall–Kier alpha value is -3.28. The van der Waals surface area contributed by atoms with Gasteiger partial charge in [0.15, 0.2) is 0 Å². The van der Waals surface area contributed by atoms with Gasteiger partial charge in [-0.2, -0.15) is 13.2 Å². The third-order valence-corrected chi connectivity index (χ3v) is 8.62. The van der Waals surface area contributed by atoms with Gasteiger partial charge in [0.25, 0.3) is 10.0 Å². The first-order valence-electron chi connectivity index (χ1n) is 12.7. The Morgan fingerprint density at radius 2 is 1.48 bits per heavy atom. The Morgan fingerprint density at radius 3 is 2.02 bits per heavy atom. The summed E-state index contributed by atoms with van der Waals surface area (Å²) in [7, 11) is -4.54. The SMILES string of the molecule is C[C@H](C(=O)NC(C)(C)C)N(Cc1c(Cl)cccc1Cl)C(=O)CN(c1cccc(C(F)(F)F)c1)S(=O)(=O)c1ccccc1. The van der Waals surface area contributed by atoms with Gasteiger partial charge in [-0.15, -0.1) is 0 Å². The number of nitrogens with one attached hydrogen (secondary N) is 1. The van der Waals surface area contributed by atoms with E-state index in [1.165, 1.54) is 31.2 Å². The summed E-state index contributed by atoms with van der Waals surface area (Å²) < 4.78 is 68.8. The number of hydrogen-bond donors (Lipinski definition) is 1. The van der Waals surface area contributed by atoms with E-state index in [2.05, 4.69) is 5.32 Å². The number of sulfonamides is 1. The van der Waals surface area contributed by atoms with Gasteiger partial charge in [0.1, 0.15) is 12.6 Å². The lowest BCUT2D eigenvalue weighted by Gasteiger charge is -2.34. The molecule has 1 atom stereocenters. The standard InChI is InChI=1S/C29H30Cl2F3N3O4S/c1-19(27(39)35-28(2,3)4)36(17-23-24(30)14-9-15-25(23)31)26(38)18-37(42(40,41)22-12-6-5-7-13-22)21-11-8-10-20(16-21)29(32,33)34/h5-16,19H,17-18H2,1-4H3,(H,35,39)/t19-/m1/s1. The van der Waals surface area contributed by atoms with Crippen LogP contribution in [-0.4, -0.2) is 43.3 Å². The molecule has 0 spiro atoms. The van der Waals surface area contributed by atoms with Crippen LogP contribution >= 0.6 is 23.2 Å². The van der Waals surface area contributed by atoms with E-state index in [1.807, 2.05) is 0 Å². The Labute approximate surface area is 253 Å². The molecule has 1 N–H and O–H groups in total. The second-order valence-electron chi connectivity index (χ2n) is 10.5. The molecule has 226 valence electrons. The first-order chi connectivity index (χ1) is 19.4. The summed E-state index contributed by atoms with van der Waals surface area (Å²) in [6.45, 7) is 5.49. The third kappa shape index (κ3) is 8.17. The molecule has 0 bridgehead atoms. The topological polar surface area (TPSA) is 86.8 Å². The van der Waals surface area contributed by atoms with E-state index in [9.17, 15) is 31.2 Å². The Morgan fingerprint density at radius 1 is 0.905 bits per heavy atom. The van der Waals surface area contributed by atoms with E-state index in [1.54, 1.807) is 45.0 Å². The zero-order chi connectivity index (χ0) is 31.5. The second-order valence-corrected chi connectivity index (χ2v) is 13.2. The van der Waals surface area contributed by atoms with Crippen molar-refractivity contribution in [3.8, 4) is 0 Å². The number of anilines is 1. The van der Waals surface area contributed by atoms with Crippen LogP contribution in [0.4, 0.5) is 18.9 Å². The van der Waals surface area contributed by atoms with Crippen LogP contribution < -0.4 is 9.62 Å². The summed E-state index contributed by atoms with van der Waals surface area (Å²) in [5.41, 5.74) is -1.84. The molecule has 0 fully saturated rings. The highest BCUT2D eigenvalue weighted by atomic mass is 35.5. The van der Waals surface area contributed by atoms with Gasteiger partial charge in [-0.3, -0.25) is 13.9 Å². The minimum atomic E-state index is -4.77. The van der Waals surface area contributed by atoms with Crippen LogP contribution in [-0.2, 0) is 32.3 Å². The zero-order valence-corrected chi connectivity index (χ0v) is 25.6. The first kappa shape index (κ1) is 33.2. The molecular weight excluding hydrogens is 614 g/mol. The van der Waals surface area contributed by atoms with Gasteiger partial charge in [0.2, 0.25) is 11.8 Å². The van der Waals surface area contributed by atoms with Crippen LogP contribution in [0.15, 0.2) is 77.7 Å². The van der Waals surface area contributed by atoms with Crippen molar-refractivity contribution >= 4 is 50.7 Å². The van der Waals surface area contributed by atoms with Gasteiger partial charge in [0, 0.05) is 27.7 Å². The van der Waals surface area contributed by atoms with Crippen LogP contribution in [0.3, 0.4) is 0 Å². The maximum absolute atomic E-state index is 14.0. The normalized spacial score (nSPS) is 12.9. The summed E-state index contributed by atoms with van der Waals surface area (Å²) in [6.07, 6.45) is -4.77. The lowest BCUT2D eigenvalue weighted by Crippen LogP contribution is -2.54. The number of hydrogen-bond acceptors (Lipinski definition) is 4. The molecule has 7 nitrogen and oxygen atoms in total. The number of carbonyl (C=O) groups is 2. The highest BCUT2D eigenvalue weighted by Gasteiger charge is 2.36. The number of halogens is 5. The molecular formula is C29H30Cl2F3N3O4S. The Bertz CT molecular complexity index is 1530. The molecule has 2 amide bonds. The van der Waals surface area contributed by atoms with Crippen molar-refractivity contribution in [1.29, 1.82) is 0 Å². The summed E-state index contributed by atoms with van der Waals surface area (Å²) in [4.78, 5) is 28.0. The van der Waals surface area contributed by atoms with Crippen molar-refractivity contribution in [3.63, 3.8) is 0 Å². The van der Waals surface area contributed by atoms with Crippen LogP contribution in [0.5, 0.6) is 0 Å². The molecule has 0 heterocycles. The molecule has 0 aliphatic heterocycles. The number of amides is 2. The van der Waals surface area contributed by atoms with Gasteiger partial charge in [0.05, 0.1) is 16.1 Å². The third-order valence-electron chi connectivity index (χ3n) is 6.13. The molecule has 3 aromatic carbocycles. The predicted molar refractivity (Wildman–Crippen MR) is 157 cm³/mol. The largest absolute Gasteiger partial charge is 0.416 e. The molecule has 0 aliphatic rings. The van der Waals surface area contributed by atoms with Gasteiger partial charge in [-0.05, 0) is 70.2 Å². The number of nitrogens with zero attached hydrogens (tertiary/aromatic N) is 2. The lowest BCUT2D eigenvalue weighted by molar-refractivity contribution is -0.140. The second kappa shape index (κ2) is 12.9. The first-order valence-corrected chi connectivity index (χ1v) is 14.9. The highest BCUT2D eigenvalue weighted by molar-refractivity contribution is 7.92. The fraction of sp³-hybridized carbons (Fsp3) is 0.310. The summed E-state index contributed by atoms with van der Waals surface area (Å²) >= 11 is 12.7. The highest BCUT2D eigenvalue weighted by Crippen LogP contribution is 2.34. The molecule has 0 unspecified atom stereocenters. The quantitative estimate of drug-likeness (QED) is 0.287. The number of benzene rings is 3. The summed E-state index contributed by atoms with van der Waals surface area (Å²) in [6, 6.07) is 14.2. The molecule has 0 saturated carbocycles. The van der Waals surface area contributed by atoms with Crippen molar-refractivity contribution < 1.29 is 31.2 Å². The van der Waals surface area contributed by atoms with E-state index >= 15 is 0 Å². The van der Waals surface area contributed by atoms with Crippen LogP contribution in [0, 0.1) is 0 Å². The molecule has 0 aliphatic carbocycles. The predicted octanol–water partition coefficient (Wildman–Crippen LogP) is 6.54.